The number of esters is 1. The van der Waals surface area contributed by atoms with Crippen LogP contribution in [0.25, 0.3) is 0 Å². The number of hydrogen-bond donors (Lipinski definition) is 1. The van der Waals surface area contributed by atoms with Crippen LogP contribution < -0.4 is 5.73 Å². The number of carbonyl (C=O) groups is 1. The van der Waals surface area contributed by atoms with E-state index in [-0.39, 0.29) is 24.5 Å². The minimum Gasteiger partial charge on any atom is -0.459 e. The van der Waals surface area contributed by atoms with Gasteiger partial charge in [-0.05, 0) is 26.0 Å². The predicted octanol–water partition coefficient (Wildman–Crippen LogP) is 1.53. The number of ether oxygens (including phenoxy) is 1. The molecule has 2 N–H and O–H groups in total. The molecule has 0 saturated carbocycles. The molecular weight excluding hydrogens is 216 g/mol. The van der Waals surface area contributed by atoms with Crippen molar-refractivity contribution in [3.8, 4) is 0 Å². The van der Waals surface area contributed by atoms with Crippen molar-refractivity contribution in [2.24, 2.45) is 5.73 Å². The summed E-state index contributed by atoms with van der Waals surface area (Å²) < 4.78 is 5.00. The summed E-state index contributed by atoms with van der Waals surface area (Å²) in [7, 11) is 0. The molecule has 0 aliphatic rings. The van der Waals surface area contributed by atoms with E-state index in [4.69, 9.17) is 10.5 Å². The topological polar surface area (TPSA) is 65.2 Å². The summed E-state index contributed by atoms with van der Waals surface area (Å²) >= 11 is 0. The van der Waals surface area contributed by atoms with Gasteiger partial charge in [0, 0.05) is 12.7 Å². The minimum absolute atomic E-state index is 0. The smallest absolute Gasteiger partial charge is 0.339 e. The first-order valence-corrected chi connectivity index (χ1v) is 4.49. The Kier molecular flexibility index (Phi) is 5.89. The maximum atomic E-state index is 11.4. The van der Waals surface area contributed by atoms with E-state index in [9.17, 15) is 4.79 Å². The van der Waals surface area contributed by atoms with Gasteiger partial charge in [0.25, 0.3) is 0 Å². The molecule has 84 valence electrons. The molecule has 1 aromatic rings. The lowest BCUT2D eigenvalue weighted by atomic mass is 10.2. The largest absolute Gasteiger partial charge is 0.459 e. The number of halogens is 1. The average Bonchev–Trinajstić information content (AvgIpc) is 2.17. The second-order valence-electron chi connectivity index (χ2n) is 3.20. The van der Waals surface area contributed by atoms with Gasteiger partial charge in [0.05, 0.1) is 17.4 Å². The fraction of sp³-hybridized carbons (Fsp3) is 0.400. The van der Waals surface area contributed by atoms with Crippen LogP contribution in [0.3, 0.4) is 0 Å². The van der Waals surface area contributed by atoms with Crippen LogP contribution in [0.1, 0.15) is 29.9 Å². The molecule has 0 aliphatic carbocycles. The van der Waals surface area contributed by atoms with E-state index < -0.39 is 0 Å². The van der Waals surface area contributed by atoms with Gasteiger partial charge in [0.1, 0.15) is 0 Å². The van der Waals surface area contributed by atoms with Crippen molar-refractivity contribution in [2.45, 2.75) is 26.5 Å². The third kappa shape index (κ3) is 4.27. The number of pyridine rings is 1. The van der Waals surface area contributed by atoms with Crippen molar-refractivity contribution in [3.63, 3.8) is 0 Å². The van der Waals surface area contributed by atoms with E-state index in [0.29, 0.717) is 12.1 Å². The van der Waals surface area contributed by atoms with Crippen LogP contribution in [-0.2, 0) is 11.3 Å². The van der Waals surface area contributed by atoms with Crippen LogP contribution >= 0.6 is 12.4 Å². The van der Waals surface area contributed by atoms with Crippen molar-refractivity contribution in [2.75, 3.05) is 0 Å². The molecule has 0 atom stereocenters. The third-order valence-corrected chi connectivity index (χ3v) is 1.61. The first kappa shape index (κ1) is 13.9. The van der Waals surface area contributed by atoms with Crippen LogP contribution in [0.4, 0.5) is 0 Å². The quantitative estimate of drug-likeness (QED) is 0.800. The predicted molar refractivity (Wildman–Crippen MR) is 59.9 cm³/mol. The fourth-order valence-corrected chi connectivity index (χ4v) is 0.948. The lowest BCUT2D eigenvalue weighted by Crippen LogP contribution is -2.12. The number of nitrogens with two attached hydrogens (primary N) is 1. The van der Waals surface area contributed by atoms with Gasteiger partial charge in [0.15, 0.2) is 0 Å². The molecule has 0 amide bonds. The van der Waals surface area contributed by atoms with Crippen LogP contribution in [0.15, 0.2) is 18.3 Å². The molecule has 0 aromatic carbocycles. The minimum atomic E-state index is -0.351. The van der Waals surface area contributed by atoms with Gasteiger partial charge in [-0.25, -0.2) is 4.79 Å². The molecule has 0 bridgehead atoms. The Morgan fingerprint density at radius 1 is 1.53 bits per heavy atom. The van der Waals surface area contributed by atoms with Gasteiger partial charge < -0.3 is 10.5 Å². The fourth-order valence-electron chi connectivity index (χ4n) is 0.948. The van der Waals surface area contributed by atoms with Crippen LogP contribution in [-0.4, -0.2) is 17.1 Å². The lowest BCUT2D eigenvalue weighted by Gasteiger charge is -2.07. The normalized spacial score (nSPS) is 9.60. The summed E-state index contributed by atoms with van der Waals surface area (Å²) in [5.41, 5.74) is 6.59. The third-order valence-electron chi connectivity index (χ3n) is 1.61. The molecule has 0 saturated heterocycles. The van der Waals surface area contributed by atoms with Crippen molar-refractivity contribution in [1.29, 1.82) is 0 Å². The molecule has 15 heavy (non-hydrogen) atoms. The van der Waals surface area contributed by atoms with E-state index >= 15 is 0 Å². The van der Waals surface area contributed by atoms with Gasteiger partial charge in [-0.1, -0.05) is 0 Å². The number of hydrogen-bond acceptors (Lipinski definition) is 4. The molecule has 4 nitrogen and oxygen atoms in total. The van der Waals surface area contributed by atoms with E-state index in [1.807, 2.05) is 0 Å². The second-order valence-corrected chi connectivity index (χ2v) is 3.20. The van der Waals surface area contributed by atoms with Crippen LogP contribution in [0, 0.1) is 0 Å². The maximum Gasteiger partial charge on any atom is 0.339 e. The molecule has 1 heterocycles. The molecule has 1 rings (SSSR count). The van der Waals surface area contributed by atoms with Gasteiger partial charge in [-0.15, -0.1) is 12.4 Å². The molecule has 1 aromatic heterocycles. The molecule has 0 radical (unpaired) electrons. The maximum absolute atomic E-state index is 11.4. The second kappa shape index (κ2) is 6.37. The summed E-state index contributed by atoms with van der Waals surface area (Å²) in [4.78, 5) is 15.4. The summed E-state index contributed by atoms with van der Waals surface area (Å²) in [5, 5.41) is 0. The van der Waals surface area contributed by atoms with Gasteiger partial charge >= 0.3 is 5.97 Å². The van der Waals surface area contributed by atoms with Crippen molar-refractivity contribution in [1.82, 2.24) is 4.98 Å². The summed E-state index contributed by atoms with van der Waals surface area (Å²) in [6, 6.07) is 3.39. The van der Waals surface area contributed by atoms with E-state index in [1.54, 1.807) is 26.0 Å². The van der Waals surface area contributed by atoms with Crippen molar-refractivity contribution >= 4 is 18.4 Å². The van der Waals surface area contributed by atoms with Crippen LogP contribution in [0.2, 0.25) is 0 Å². The van der Waals surface area contributed by atoms with E-state index in [2.05, 4.69) is 4.98 Å². The first-order chi connectivity index (χ1) is 6.63. The Hall–Kier alpha value is -1.13. The van der Waals surface area contributed by atoms with Crippen LogP contribution in [0.5, 0.6) is 0 Å². The number of nitrogens with zero attached hydrogens (tertiary/aromatic N) is 1. The monoisotopic (exact) mass is 230 g/mol. The lowest BCUT2D eigenvalue weighted by molar-refractivity contribution is 0.0377. The Labute approximate surface area is 95.2 Å². The number of carbonyl (C=O) groups excluding carboxylic acids is 1. The Morgan fingerprint density at radius 2 is 2.20 bits per heavy atom. The molecule has 0 spiro atoms. The number of aromatic nitrogens is 1. The molecule has 0 fully saturated rings. The van der Waals surface area contributed by atoms with E-state index in [1.165, 1.54) is 6.20 Å². The van der Waals surface area contributed by atoms with Gasteiger partial charge in [0.2, 0.25) is 0 Å². The highest BCUT2D eigenvalue weighted by Crippen LogP contribution is 2.03. The van der Waals surface area contributed by atoms with Gasteiger partial charge in [-0.2, -0.15) is 0 Å². The van der Waals surface area contributed by atoms with Gasteiger partial charge in [-0.3, -0.25) is 4.98 Å². The SMILES string of the molecule is CC(C)OC(=O)c1ccc(CN)nc1.Cl. The van der Waals surface area contributed by atoms with E-state index in [0.717, 1.165) is 5.69 Å². The summed E-state index contributed by atoms with van der Waals surface area (Å²) in [6.45, 7) is 3.98. The van der Waals surface area contributed by atoms with Crippen molar-refractivity contribution in [3.05, 3.63) is 29.6 Å². The summed E-state index contributed by atoms with van der Waals surface area (Å²) in [5.74, 6) is -0.351. The zero-order valence-electron chi connectivity index (χ0n) is 8.77. The highest BCUT2D eigenvalue weighted by Gasteiger charge is 2.08. The molecule has 0 aliphatic heterocycles. The Morgan fingerprint density at radius 3 is 2.60 bits per heavy atom. The molecular formula is C10H15ClN2O2. The first-order valence-electron chi connectivity index (χ1n) is 4.49. The molecule has 5 heteroatoms. The standard InChI is InChI=1S/C10H14N2O2.ClH/c1-7(2)14-10(13)8-3-4-9(5-11)12-6-8;/h3-4,6-7H,5,11H2,1-2H3;1H. The average molecular weight is 231 g/mol. The zero-order valence-corrected chi connectivity index (χ0v) is 9.58. The Bertz CT molecular complexity index is 312. The summed E-state index contributed by atoms with van der Waals surface area (Å²) in [6.07, 6.45) is 1.36. The highest BCUT2D eigenvalue weighted by molar-refractivity contribution is 5.89. The Balaban J connectivity index is 0.00000196. The van der Waals surface area contributed by atoms with Crippen molar-refractivity contribution < 1.29 is 9.53 Å². The number of rotatable bonds is 3. The zero-order chi connectivity index (χ0) is 10.6. The molecule has 0 unspecified atom stereocenters. The highest BCUT2D eigenvalue weighted by atomic mass is 35.5.